The van der Waals surface area contributed by atoms with E-state index in [2.05, 4.69) is 10.3 Å². The van der Waals surface area contributed by atoms with Crippen LogP contribution in [0, 0.1) is 0 Å². The van der Waals surface area contributed by atoms with Crippen molar-refractivity contribution in [2.75, 3.05) is 6.54 Å². The second-order valence-electron chi connectivity index (χ2n) is 6.91. The van der Waals surface area contributed by atoms with E-state index in [4.69, 9.17) is 21.4 Å². The fraction of sp³-hybridized carbons (Fsp3) is 0.429. The lowest BCUT2D eigenvalue weighted by molar-refractivity contribution is -0.137. The molecule has 1 aliphatic heterocycles. The summed E-state index contributed by atoms with van der Waals surface area (Å²) in [6, 6.07) is 13.8. The zero-order chi connectivity index (χ0) is 19.1. The third kappa shape index (κ3) is 6.03. The van der Waals surface area contributed by atoms with Gasteiger partial charge < -0.3 is 15.2 Å². The molecule has 2 N–H and O–H groups in total. The standard InChI is InChI=1S/C21H25ClN2O3/c22-16-9-7-15(8-10-16)21(19-5-1-2-12-24-19)27-18-11-13-23-17(14-18)4-3-6-20(25)26/h1-2,5,7-10,12,17-18,21,23H,3-4,6,11,13-14H2,(H,25,26)/t17-,18?,21?/m0/s1. The van der Waals surface area contributed by atoms with Crippen LogP contribution in [0.3, 0.4) is 0 Å². The second kappa shape index (κ2) is 9.83. The SMILES string of the molecule is O=C(O)CCC[C@H]1CC(OC(c2ccc(Cl)cc2)c2ccccn2)CCN1. The molecule has 0 spiro atoms. The molecular formula is C21H25ClN2O3. The van der Waals surface area contributed by atoms with Gasteiger partial charge in [0.15, 0.2) is 0 Å². The minimum atomic E-state index is -0.739. The van der Waals surface area contributed by atoms with Gasteiger partial charge >= 0.3 is 5.97 Å². The molecule has 2 heterocycles. The van der Waals surface area contributed by atoms with Gasteiger partial charge in [0.05, 0.1) is 11.8 Å². The summed E-state index contributed by atoms with van der Waals surface area (Å²) < 4.78 is 6.50. The molecule has 144 valence electrons. The number of piperidine rings is 1. The minimum Gasteiger partial charge on any atom is -0.481 e. The maximum Gasteiger partial charge on any atom is 0.303 e. The molecule has 0 bridgehead atoms. The van der Waals surface area contributed by atoms with E-state index in [1.807, 2.05) is 42.5 Å². The smallest absolute Gasteiger partial charge is 0.303 e. The maximum atomic E-state index is 10.7. The Morgan fingerprint density at radius 3 is 2.81 bits per heavy atom. The number of ether oxygens (including phenoxy) is 1. The fourth-order valence-corrected chi connectivity index (χ4v) is 3.62. The number of nitrogens with zero attached hydrogens (tertiary/aromatic N) is 1. The summed E-state index contributed by atoms with van der Waals surface area (Å²) in [5, 5.41) is 13.0. The van der Waals surface area contributed by atoms with Crippen LogP contribution >= 0.6 is 11.6 Å². The summed E-state index contributed by atoms with van der Waals surface area (Å²) in [6.07, 6.45) is 5.17. The van der Waals surface area contributed by atoms with E-state index in [0.717, 1.165) is 37.1 Å². The van der Waals surface area contributed by atoms with E-state index in [-0.39, 0.29) is 24.7 Å². The quantitative estimate of drug-likeness (QED) is 0.708. The number of halogens is 1. The first-order chi connectivity index (χ1) is 13.1. The van der Waals surface area contributed by atoms with E-state index in [0.29, 0.717) is 11.4 Å². The Balaban J connectivity index is 1.68. The third-order valence-electron chi connectivity index (χ3n) is 4.85. The average molecular weight is 389 g/mol. The first kappa shape index (κ1) is 19.8. The lowest BCUT2D eigenvalue weighted by Gasteiger charge is -2.33. The van der Waals surface area contributed by atoms with E-state index in [9.17, 15) is 4.79 Å². The number of aliphatic carboxylic acids is 1. The van der Waals surface area contributed by atoms with Gasteiger partial charge in [0.2, 0.25) is 0 Å². The number of nitrogens with one attached hydrogen (secondary N) is 1. The number of benzene rings is 1. The maximum absolute atomic E-state index is 10.7. The van der Waals surface area contributed by atoms with Gasteiger partial charge in [-0.3, -0.25) is 9.78 Å². The van der Waals surface area contributed by atoms with Crippen LogP contribution in [0.1, 0.15) is 49.5 Å². The molecule has 6 heteroatoms. The lowest BCUT2D eigenvalue weighted by atomic mass is 9.96. The number of carbonyl (C=O) groups is 1. The van der Waals surface area contributed by atoms with E-state index in [1.165, 1.54) is 0 Å². The molecule has 2 unspecified atom stereocenters. The Labute approximate surface area is 164 Å². The van der Waals surface area contributed by atoms with Crippen molar-refractivity contribution in [3.63, 3.8) is 0 Å². The number of rotatable bonds is 8. The number of carboxylic acid groups (broad SMARTS) is 1. The normalized spacial score (nSPS) is 20.9. The van der Waals surface area contributed by atoms with Gasteiger partial charge in [-0.15, -0.1) is 0 Å². The first-order valence-electron chi connectivity index (χ1n) is 9.39. The molecule has 0 radical (unpaired) electrons. The van der Waals surface area contributed by atoms with Crippen LogP contribution in [-0.2, 0) is 9.53 Å². The summed E-state index contributed by atoms with van der Waals surface area (Å²) in [4.78, 5) is 15.2. The molecule has 0 aliphatic carbocycles. The molecule has 0 saturated carbocycles. The van der Waals surface area contributed by atoms with Crippen molar-refractivity contribution >= 4 is 17.6 Å². The van der Waals surface area contributed by atoms with Crippen LogP contribution in [0.15, 0.2) is 48.7 Å². The molecule has 3 rings (SSSR count). The predicted molar refractivity (Wildman–Crippen MR) is 105 cm³/mol. The van der Waals surface area contributed by atoms with Crippen LogP contribution < -0.4 is 5.32 Å². The summed E-state index contributed by atoms with van der Waals surface area (Å²) in [6.45, 7) is 0.873. The minimum absolute atomic E-state index is 0.101. The molecule has 1 fully saturated rings. The zero-order valence-electron chi connectivity index (χ0n) is 15.2. The van der Waals surface area contributed by atoms with Crippen molar-refractivity contribution in [2.45, 2.75) is 50.4 Å². The van der Waals surface area contributed by atoms with E-state index >= 15 is 0 Å². The summed E-state index contributed by atoms with van der Waals surface area (Å²) in [5.41, 5.74) is 1.90. The molecule has 1 saturated heterocycles. The predicted octanol–water partition coefficient (Wildman–Crippen LogP) is 4.22. The Bertz CT molecular complexity index is 724. The van der Waals surface area contributed by atoms with Crippen LogP contribution in [0.25, 0.3) is 0 Å². The van der Waals surface area contributed by atoms with Gasteiger partial charge in [0, 0.05) is 23.7 Å². The Morgan fingerprint density at radius 2 is 2.11 bits per heavy atom. The van der Waals surface area contributed by atoms with Crippen molar-refractivity contribution in [3.05, 3.63) is 64.9 Å². The van der Waals surface area contributed by atoms with Gasteiger partial charge in [-0.05, 0) is 62.1 Å². The molecule has 5 nitrogen and oxygen atoms in total. The molecule has 1 aromatic carbocycles. The summed E-state index contributed by atoms with van der Waals surface area (Å²) in [7, 11) is 0. The van der Waals surface area contributed by atoms with Gasteiger partial charge in [0.25, 0.3) is 0 Å². The molecule has 1 aliphatic rings. The van der Waals surface area contributed by atoms with E-state index < -0.39 is 5.97 Å². The van der Waals surface area contributed by atoms with E-state index in [1.54, 1.807) is 6.20 Å². The van der Waals surface area contributed by atoms with Crippen molar-refractivity contribution in [3.8, 4) is 0 Å². The number of carboxylic acids is 1. The van der Waals surface area contributed by atoms with Crippen molar-refractivity contribution in [1.82, 2.24) is 10.3 Å². The van der Waals surface area contributed by atoms with Crippen LogP contribution in [0.4, 0.5) is 0 Å². The number of pyridine rings is 1. The Morgan fingerprint density at radius 1 is 1.30 bits per heavy atom. The monoisotopic (exact) mass is 388 g/mol. The molecule has 3 atom stereocenters. The van der Waals surface area contributed by atoms with Gasteiger partial charge in [-0.25, -0.2) is 0 Å². The lowest BCUT2D eigenvalue weighted by Crippen LogP contribution is -2.41. The van der Waals surface area contributed by atoms with Gasteiger partial charge in [-0.1, -0.05) is 29.8 Å². The number of hydrogen-bond acceptors (Lipinski definition) is 4. The highest BCUT2D eigenvalue weighted by Gasteiger charge is 2.26. The second-order valence-corrected chi connectivity index (χ2v) is 7.34. The zero-order valence-corrected chi connectivity index (χ0v) is 15.9. The highest BCUT2D eigenvalue weighted by Crippen LogP contribution is 2.30. The molecule has 0 amide bonds. The molecule has 27 heavy (non-hydrogen) atoms. The van der Waals surface area contributed by atoms with Gasteiger partial charge in [0.1, 0.15) is 6.10 Å². The van der Waals surface area contributed by atoms with Crippen molar-refractivity contribution < 1.29 is 14.6 Å². The number of aromatic nitrogens is 1. The summed E-state index contributed by atoms with van der Waals surface area (Å²) in [5.74, 6) is -0.739. The van der Waals surface area contributed by atoms with Crippen LogP contribution in [0.2, 0.25) is 5.02 Å². The molecular weight excluding hydrogens is 364 g/mol. The Kier molecular flexibility index (Phi) is 7.21. The molecule has 2 aromatic rings. The molecule has 1 aromatic heterocycles. The highest BCUT2D eigenvalue weighted by atomic mass is 35.5. The summed E-state index contributed by atoms with van der Waals surface area (Å²) >= 11 is 6.04. The topological polar surface area (TPSA) is 71.5 Å². The first-order valence-corrected chi connectivity index (χ1v) is 9.76. The number of hydrogen-bond donors (Lipinski definition) is 2. The highest BCUT2D eigenvalue weighted by molar-refractivity contribution is 6.30. The average Bonchev–Trinajstić information content (AvgIpc) is 2.68. The van der Waals surface area contributed by atoms with Crippen molar-refractivity contribution in [2.24, 2.45) is 0 Å². The van der Waals surface area contributed by atoms with Crippen molar-refractivity contribution in [1.29, 1.82) is 0 Å². The Hall–Kier alpha value is -1.95. The third-order valence-corrected chi connectivity index (χ3v) is 5.10. The fourth-order valence-electron chi connectivity index (χ4n) is 3.49. The van der Waals surface area contributed by atoms with Crippen LogP contribution in [-0.4, -0.2) is 34.8 Å². The largest absolute Gasteiger partial charge is 0.481 e. The van der Waals surface area contributed by atoms with Crippen LogP contribution in [0.5, 0.6) is 0 Å². The van der Waals surface area contributed by atoms with Gasteiger partial charge in [-0.2, -0.15) is 0 Å².